The van der Waals surface area contributed by atoms with Gasteiger partial charge < -0.3 is 24.2 Å². The van der Waals surface area contributed by atoms with Gasteiger partial charge in [0.2, 0.25) is 0 Å². The monoisotopic (exact) mass is 618 g/mol. The summed E-state index contributed by atoms with van der Waals surface area (Å²) < 4.78 is 63.5. The number of morpholine rings is 1. The number of methoxy groups -OCH3 is 1. The van der Waals surface area contributed by atoms with E-state index in [1.807, 2.05) is 4.90 Å². The number of alkyl halides is 1. The fourth-order valence-corrected chi connectivity index (χ4v) is 7.31. The van der Waals surface area contributed by atoms with Crippen molar-refractivity contribution in [2.24, 2.45) is 0 Å². The Hall–Kier alpha value is -4.11. The van der Waals surface area contributed by atoms with Crippen molar-refractivity contribution < 1.29 is 32.5 Å². The van der Waals surface area contributed by atoms with Crippen LogP contribution in [-0.4, -0.2) is 90.9 Å². The quantitative estimate of drug-likeness (QED) is 0.283. The molecule has 0 aliphatic carbocycles. The molecule has 1 aromatic heterocycles. The number of terminal acetylenes is 1. The molecular weight excluding hydrogens is 585 g/mol. The smallest absolute Gasteiger partial charge is 0.319 e. The van der Waals surface area contributed by atoms with E-state index in [0.29, 0.717) is 61.3 Å². The number of hydrogen-bond acceptors (Lipinski definition) is 8. The highest BCUT2D eigenvalue weighted by molar-refractivity contribution is 6.04. The van der Waals surface area contributed by atoms with Gasteiger partial charge >= 0.3 is 6.01 Å². The van der Waals surface area contributed by atoms with E-state index in [1.54, 1.807) is 19.2 Å². The van der Waals surface area contributed by atoms with Crippen LogP contribution in [-0.2, 0) is 9.47 Å². The van der Waals surface area contributed by atoms with Crippen LogP contribution >= 0.6 is 0 Å². The molecule has 0 unspecified atom stereocenters. The molecule has 0 radical (unpaired) electrons. The first kappa shape index (κ1) is 29.6. The van der Waals surface area contributed by atoms with Gasteiger partial charge in [-0.1, -0.05) is 18.1 Å². The summed E-state index contributed by atoms with van der Waals surface area (Å²) in [5, 5.41) is 11.7. The van der Waals surface area contributed by atoms with Crippen LogP contribution in [0.15, 0.2) is 36.4 Å². The fraction of sp³-hybridized carbons (Fsp3) is 0.412. The second-order valence-electron chi connectivity index (χ2n) is 12.1. The molecular formula is C34H33F3N4O4. The Bertz CT molecular complexity index is 1830. The predicted octanol–water partition coefficient (Wildman–Crippen LogP) is 5.22. The van der Waals surface area contributed by atoms with Crippen molar-refractivity contribution in [2.75, 3.05) is 58.1 Å². The minimum atomic E-state index is -0.931. The maximum absolute atomic E-state index is 16.8. The Morgan fingerprint density at radius 3 is 2.84 bits per heavy atom. The number of hydrogen-bond donors (Lipinski definition) is 1. The summed E-state index contributed by atoms with van der Waals surface area (Å²) in [5.41, 5.74) is -0.197. The molecule has 3 aromatic carbocycles. The van der Waals surface area contributed by atoms with Gasteiger partial charge in [0.15, 0.2) is 5.82 Å². The van der Waals surface area contributed by atoms with Crippen LogP contribution in [0, 0.1) is 24.0 Å². The molecule has 3 saturated heterocycles. The van der Waals surface area contributed by atoms with Gasteiger partial charge in [0.05, 0.1) is 37.0 Å². The maximum Gasteiger partial charge on any atom is 0.319 e. The second-order valence-corrected chi connectivity index (χ2v) is 12.1. The first-order valence-corrected chi connectivity index (χ1v) is 15.1. The topological polar surface area (TPSA) is 80.2 Å². The van der Waals surface area contributed by atoms with E-state index >= 15 is 4.39 Å². The van der Waals surface area contributed by atoms with E-state index in [4.69, 9.17) is 25.6 Å². The van der Waals surface area contributed by atoms with Crippen LogP contribution < -0.4 is 9.64 Å². The van der Waals surface area contributed by atoms with Crippen LogP contribution in [0.1, 0.15) is 24.8 Å². The van der Waals surface area contributed by atoms with Gasteiger partial charge in [-0.15, -0.1) is 6.42 Å². The summed E-state index contributed by atoms with van der Waals surface area (Å²) in [6, 6.07) is 8.57. The summed E-state index contributed by atoms with van der Waals surface area (Å²) in [6.45, 7) is 3.01. The number of fused-ring (bicyclic) bond motifs is 3. The number of ether oxygens (including phenoxy) is 3. The van der Waals surface area contributed by atoms with Crippen molar-refractivity contribution in [3.63, 3.8) is 0 Å². The van der Waals surface area contributed by atoms with Gasteiger partial charge in [0.25, 0.3) is 0 Å². The molecule has 0 bridgehead atoms. The molecule has 0 spiro atoms. The highest BCUT2D eigenvalue weighted by atomic mass is 19.1. The van der Waals surface area contributed by atoms with Gasteiger partial charge in [-0.25, -0.2) is 13.2 Å². The van der Waals surface area contributed by atoms with E-state index in [1.165, 1.54) is 24.3 Å². The lowest BCUT2D eigenvalue weighted by molar-refractivity contribution is 0.0597. The van der Waals surface area contributed by atoms with Crippen molar-refractivity contribution >= 4 is 27.5 Å². The van der Waals surface area contributed by atoms with E-state index in [9.17, 15) is 13.9 Å². The minimum absolute atomic E-state index is 0.0131. The van der Waals surface area contributed by atoms with Gasteiger partial charge in [0, 0.05) is 43.0 Å². The van der Waals surface area contributed by atoms with Crippen molar-refractivity contribution in [3.8, 4) is 35.2 Å². The molecule has 3 aliphatic heterocycles. The third-order valence-corrected chi connectivity index (χ3v) is 9.34. The number of anilines is 1. The van der Waals surface area contributed by atoms with Crippen molar-refractivity contribution in [1.82, 2.24) is 14.9 Å². The lowest BCUT2D eigenvalue weighted by Crippen LogP contribution is -2.48. The van der Waals surface area contributed by atoms with E-state index in [-0.39, 0.29) is 46.6 Å². The van der Waals surface area contributed by atoms with Gasteiger partial charge in [0.1, 0.15) is 35.7 Å². The van der Waals surface area contributed by atoms with Crippen LogP contribution in [0.5, 0.6) is 11.8 Å². The number of aromatic nitrogens is 2. The Morgan fingerprint density at radius 2 is 2.02 bits per heavy atom. The molecule has 7 rings (SSSR count). The average Bonchev–Trinajstić information content (AvgIpc) is 3.56. The number of benzene rings is 3. The zero-order chi connectivity index (χ0) is 31.3. The van der Waals surface area contributed by atoms with Gasteiger partial charge in [-0.3, -0.25) is 4.90 Å². The zero-order valence-corrected chi connectivity index (χ0v) is 24.9. The third-order valence-electron chi connectivity index (χ3n) is 9.34. The Morgan fingerprint density at radius 1 is 1.16 bits per heavy atom. The number of rotatable bonds is 7. The molecule has 4 aromatic rings. The summed E-state index contributed by atoms with van der Waals surface area (Å²) in [7, 11) is 1.60. The molecule has 4 heterocycles. The Balaban J connectivity index is 1.39. The molecule has 45 heavy (non-hydrogen) atoms. The highest BCUT2D eigenvalue weighted by Crippen LogP contribution is 2.42. The Labute approximate surface area is 258 Å². The first-order chi connectivity index (χ1) is 21.8. The summed E-state index contributed by atoms with van der Waals surface area (Å²) in [5.74, 6) is 1.38. The molecule has 3 aliphatic rings. The van der Waals surface area contributed by atoms with E-state index in [2.05, 4.69) is 15.8 Å². The number of phenolic OH excluding ortho intramolecular Hbond substituents is 1. The zero-order valence-electron chi connectivity index (χ0n) is 24.9. The van der Waals surface area contributed by atoms with Crippen LogP contribution in [0.2, 0.25) is 0 Å². The van der Waals surface area contributed by atoms with Gasteiger partial charge in [-0.05, 0) is 54.6 Å². The SMILES string of the molecule is C#Cc1c(F)ccc2cc(O)cc(-c3ccc4c(N5CCOC[C@H]5COC)nc(OC[C@@]56CCCN5C[C@H](F)C6)nc4c3F)c12. The number of halogens is 3. The molecule has 3 atom stereocenters. The second kappa shape index (κ2) is 11.7. The number of aromatic hydroxyl groups is 1. The normalized spacial score (nSPS) is 23.5. The predicted molar refractivity (Wildman–Crippen MR) is 164 cm³/mol. The molecule has 11 heteroatoms. The van der Waals surface area contributed by atoms with Crippen LogP contribution in [0.4, 0.5) is 19.0 Å². The molecule has 0 amide bonds. The summed E-state index contributed by atoms with van der Waals surface area (Å²) in [6.07, 6.45) is 6.86. The van der Waals surface area contributed by atoms with E-state index < -0.39 is 23.3 Å². The molecule has 8 nitrogen and oxygen atoms in total. The van der Waals surface area contributed by atoms with Crippen molar-refractivity contribution in [1.29, 1.82) is 0 Å². The number of nitrogens with zero attached hydrogens (tertiary/aromatic N) is 4. The number of phenols is 1. The lowest BCUT2D eigenvalue weighted by atomic mass is 9.93. The van der Waals surface area contributed by atoms with Crippen LogP contribution in [0.25, 0.3) is 32.8 Å². The van der Waals surface area contributed by atoms with Crippen molar-refractivity contribution in [2.45, 2.75) is 37.0 Å². The lowest BCUT2D eigenvalue weighted by Gasteiger charge is -2.36. The summed E-state index contributed by atoms with van der Waals surface area (Å²) >= 11 is 0. The highest BCUT2D eigenvalue weighted by Gasteiger charge is 2.49. The molecule has 1 N–H and O–H groups in total. The largest absolute Gasteiger partial charge is 0.508 e. The maximum atomic E-state index is 16.8. The third kappa shape index (κ3) is 5.11. The van der Waals surface area contributed by atoms with Gasteiger partial charge in [-0.2, -0.15) is 9.97 Å². The fourth-order valence-electron chi connectivity index (χ4n) is 7.31. The van der Waals surface area contributed by atoms with Crippen molar-refractivity contribution in [3.05, 3.63) is 53.6 Å². The average molecular weight is 619 g/mol. The Kier molecular flexibility index (Phi) is 7.68. The summed E-state index contributed by atoms with van der Waals surface area (Å²) in [4.78, 5) is 13.5. The first-order valence-electron chi connectivity index (χ1n) is 15.1. The minimum Gasteiger partial charge on any atom is -0.508 e. The van der Waals surface area contributed by atoms with E-state index in [0.717, 1.165) is 19.4 Å². The molecule has 0 saturated carbocycles. The molecule has 234 valence electrons. The standard InChI is InChI=1S/C34H33F3N4O4/c1-3-24-28(36)8-5-20-13-23(42)14-27(29(20)24)25-6-7-26-31(30(25)37)38-33(39-32(26)41-11-12-44-18-22(41)17-43-2)45-19-34-9-4-10-40(34)16-21(35)15-34/h1,5-8,13-14,21-22,42H,4,9-12,15-19H2,2H3/t21-,22-,34+/m1/s1. The van der Waals surface area contributed by atoms with Crippen LogP contribution in [0.3, 0.4) is 0 Å². The molecule has 3 fully saturated rings.